The van der Waals surface area contributed by atoms with Crippen LogP contribution in [0.4, 0.5) is 4.39 Å². The van der Waals surface area contributed by atoms with E-state index in [1.54, 1.807) is 6.92 Å². The van der Waals surface area contributed by atoms with Gasteiger partial charge in [0.15, 0.2) is 11.6 Å². The van der Waals surface area contributed by atoms with E-state index in [9.17, 15) is 14.3 Å². The molecule has 0 amide bonds. The SMILES string of the molecule is CC#CCCC(=O)Oc1c(O)cccc1F. The lowest BCUT2D eigenvalue weighted by Crippen LogP contribution is -2.08. The highest BCUT2D eigenvalue weighted by molar-refractivity contribution is 5.73. The number of para-hydroxylation sites is 1. The van der Waals surface area contributed by atoms with Crippen LogP contribution in [0.3, 0.4) is 0 Å². The Morgan fingerprint density at radius 3 is 2.94 bits per heavy atom. The summed E-state index contributed by atoms with van der Waals surface area (Å²) in [6, 6.07) is 3.68. The highest BCUT2D eigenvalue weighted by Crippen LogP contribution is 2.28. The van der Waals surface area contributed by atoms with Gasteiger partial charge in [-0.1, -0.05) is 6.07 Å². The van der Waals surface area contributed by atoms with Crippen LogP contribution in [0.5, 0.6) is 11.5 Å². The van der Waals surface area contributed by atoms with Gasteiger partial charge in [-0.2, -0.15) is 0 Å². The maximum absolute atomic E-state index is 13.1. The molecule has 0 radical (unpaired) electrons. The van der Waals surface area contributed by atoms with E-state index in [2.05, 4.69) is 11.8 Å². The van der Waals surface area contributed by atoms with Gasteiger partial charge in [0.2, 0.25) is 5.75 Å². The number of esters is 1. The van der Waals surface area contributed by atoms with Gasteiger partial charge in [-0.15, -0.1) is 11.8 Å². The largest absolute Gasteiger partial charge is 0.504 e. The van der Waals surface area contributed by atoms with Crippen molar-refractivity contribution in [2.45, 2.75) is 19.8 Å². The second kappa shape index (κ2) is 5.76. The molecule has 4 heteroatoms. The van der Waals surface area contributed by atoms with Gasteiger partial charge in [0, 0.05) is 6.42 Å². The average molecular weight is 222 g/mol. The molecule has 0 bridgehead atoms. The molecule has 0 aliphatic rings. The Morgan fingerprint density at radius 2 is 2.31 bits per heavy atom. The number of aromatic hydroxyl groups is 1. The summed E-state index contributed by atoms with van der Waals surface area (Å²) in [6.45, 7) is 1.66. The number of hydrogen-bond acceptors (Lipinski definition) is 3. The summed E-state index contributed by atoms with van der Waals surface area (Å²) in [4.78, 5) is 11.2. The fourth-order valence-electron chi connectivity index (χ4n) is 1.05. The molecular formula is C12H11FO3. The summed E-state index contributed by atoms with van der Waals surface area (Å²) in [7, 11) is 0. The summed E-state index contributed by atoms with van der Waals surface area (Å²) >= 11 is 0. The van der Waals surface area contributed by atoms with Gasteiger partial charge in [0.1, 0.15) is 0 Å². The minimum absolute atomic E-state index is 0.0641. The number of halogens is 1. The lowest BCUT2D eigenvalue weighted by atomic mass is 10.3. The van der Waals surface area contributed by atoms with Crippen molar-refractivity contribution in [2.75, 3.05) is 0 Å². The van der Waals surface area contributed by atoms with Crippen molar-refractivity contribution < 1.29 is 19.0 Å². The van der Waals surface area contributed by atoms with Crippen LogP contribution in [0.15, 0.2) is 18.2 Å². The maximum atomic E-state index is 13.1. The molecule has 1 rings (SSSR count). The van der Waals surface area contributed by atoms with Gasteiger partial charge >= 0.3 is 5.97 Å². The van der Waals surface area contributed by atoms with Crippen LogP contribution >= 0.6 is 0 Å². The molecule has 16 heavy (non-hydrogen) atoms. The van der Waals surface area contributed by atoms with Crippen LogP contribution < -0.4 is 4.74 Å². The first-order valence-corrected chi connectivity index (χ1v) is 4.73. The highest BCUT2D eigenvalue weighted by atomic mass is 19.1. The number of rotatable bonds is 3. The van der Waals surface area contributed by atoms with Gasteiger partial charge in [-0.3, -0.25) is 4.79 Å². The summed E-state index contributed by atoms with van der Waals surface area (Å²) in [5, 5.41) is 9.27. The summed E-state index contributed by atoms with van der Waals surface area (Å²) in [6.07, 6.45) is 0.416. The lowest BCUT2D eigenvalue weighted by molar-refractivity contribution is -0.134. The van der Waals surface area contributed by atoms with E-state index in [0.29, 0.717) is 6.42 Å². The second-order valence-electron chi connectivity index (χ2n) is 2.99. The Hall–Kier alpha value is -2.02. The molecule has 0 saturated heterocycles. The Balaban J connectivity index is 2.65. The molecule has 0 saturated carbocycles. The van der Waals surface area contributed by atoms with Crippen molar-refractivity contribution in [3.8, 4) is 23.3 Å². The first-order valence-electron chi connectivity index (χ1n) is 4.73. The number of phenols is 1. The highest BCUT2D eigenvalue weighted by Gasteiger charge is 2.12. The minimum Gasteiger partial charge on any atom is -0.504 e. The summed E-state index contributed by atoms with van der Waals surface area (Å²) in [5.41, 5.74) is 0. The van der Waals surface area contributed by atoms with E-state index >= 15 is 0 Å². The van der Waals surface area contributed by atoms with Crippen molar-refractivity contribution in [1.29, 1.82) is 0 Å². The predicted octanol–water partition coefficient (Wildman–Crippen LogP) is 2.24. The Labute approximate surface area is 92.9 Å². The Morgan fingerprint density at radius 1 is 1.56 bits per heavy atom. The number of benzene rings is 1. The first-order chi connectivity index (χ1) is 7.65. The molecule has 0 aliphatic carbocycles. The van der Waals surface area contributed by atoms with E-state index in [1.807, 2.05) is 0 Å². The Kier molecular flexibility index (Phi) is 4.34. The number of carbonyl (C=O) groups excluding carboxylic acids is 1. The van der Waals surface area contributed by atoms with Crippen LogP contribution in [0, 0.1) is 17.7 Å². The van der Waals surface area contributed by atoms with Gasteiger partial charge < -0.3 is 9.84 Å². The molecule has 1 aromatic carbocycles. The average Bonchev–Trinajstić information content (AvgIpc) is 2.24. The normalized spacial score (nSPS) is 9.12. The molecule has 0 fully saturated rings. The number of ether oxygens (including phenoxy) is 1. The van der Waals surface area contributed by atoms with E-state index in [-0.39, 0.29) is 6.42 Å². The monoisotopic (exact) mass is 222 g/mol. The van der Waals surface area contributed by atoms with Crippen LogP contribution in [0.2, 0.25) is 0 Å². The standard InChI is InChI=1S/C12H11FO3/c1-2-3-4-8-11(15)16-12-9(13)6-5-7-10(12)14/h5-7,14H,4,8H2,1H3. The number of phenolic OH excluding ortho intramolecular Hbond substituents is 1. The maximum Gasteiger partial charge on any atom is 0.312 e. The van der Waals surface area contributed by atoms with Crippen LogP contribution in [0.25, 0.3) is 0 Å². The molecule has 0 aliphatic heterocycles. The zero-order valence-electron chi connectivity index (χ0n) is 8.79. The van der Waals surface area contributed by atoms with Crippen LogP contribution in [-0.2, 0) is 4.79 Å². The predicted molar refractivity (Wildman–Crippen MR) is 56.4 cm³/mol. The van der Waals surface area contributed by atoms with Gasteiger partial charge in [-0.25, -0.2) is 4.39 Å². The van der Waals surface area contributed by atoms with Crippen molar-refractivity contribution in [1.82, 2.24) is 0 Å². The third-order valence-electron chi connectivity index (χ3n) is 1.79. The third kappa shape index (κ3) is 3.28. The van der Waals surface area contributed by atoms with Crippen molar-refractivity contribution in [2.24, 2.45) is 0 Å². The molecule has 84 valence electrons. The van der Waals surface area contributed by atoms with Crippen molar-refractivity contribution in [3.63, 3.8) is 0 Å². The fourth-order valence-corrected chi connectivity index (χ4v) is 1.05. The quantitative estimate of drug-likeness (QED) is 0.484. The number of hydrogen-bond donors (Lipinski definition) is 1. The van der Waals surface area contributed by atoms with Gasteiger partial charge in [0.25, 0.3) is 0 Å². The smallest absolute Gasteiger partial charge is 0.312 e. The molecule has 1 aromatic rings. The van der Waals surface area contributed by atoms with E-state index in [4.69, 9.17) is 4.74 Å². The Bertz CT molecular complexity index is 423. The first kappa shape index (κ1) is 12.1. The molecular weight excluding hydrogens is 211 g/mol. The fraction of sp³-hybridized carbons (Fsp3) is 0.250. The van der Waals surface area contributed by atoms with Crippen molar-refractivity contribution >= 4 is 5.97 Å². The summed E-state index contributed by atoms with van der Waals surface area (Å²) < 4.78 is 17.8. The van der Waals surface area contributed by atoms with Crippen LogP contribution in [0.1, 0.15) is 19.8 Å². The lowest BCUT2D eigenvalue weighted by Gasteiger charge is -2.05. The summed E-state index contributed by atoms with van der Waals surface area (Å²) in [5.74, 6) is 3.10. The zero-order valence-corrected chi connectivity index (χ0v) is 8.79. The third-order valence-corrected chi connectivity index (χ3v) is 1.79. The molecule has 3 nitrogen and oxygen atoms in total. The molecule has 0 unspecified atom stereocenters. The topological polar surface area (TPSA) is 46.5 Å². The minimum atomic E-state index is -0.769. The molecule has 0 spiro atoms. The van der Waals surface area contributed by atoms with Crippen molar-refractivity contribution in [3.05, 3.63) is 24.0 Å². The second-order valence-corrected chi connectivity index (χ2v) is 2.99. The molecule has 0 aromatic heterocycles. The van der Waals surface area contributed by atoms with E-state index in [1.165, 1.54) is 12.1 Å². The van der Waals surface area contributed by atoms with E-state index < -0.39 is 23.3 Å². The van der Waals surface area contributed by atoms with Crippen LogP contribution in [-0.4, -0.2) is 11.1 Å². The van der Waals surface area contributed by atoms with Gasteiger partial charge in [-0.05, 0) is 19.1 Å². The van der Waals surface area contributed by atoms with Gasteiger partial charge in [0.05, 0.1) is 6.42 Å². The van der Waals surface area contributed by atoms with E-state index in [0.717, 1.165) is 6.07 Å². The molecule has 1 N–H and O–H groups in total. The molecule has 0 atom stereocenters. The number of carbonyl (C=O) groups is 1. The molecule has 0 heterocycles. The zero-order chi connectivity index (χ0) is 12.0.